The number of carbonyl (C=O) groups excluding carboxylic acids is 1. The number of anilines is 1. The van der Waals surface area contributed by atoms with Gasteiger partial charge in [-0.3, -0.25) is 4.79 Å². The summed E-state index contributed by atoms with van der Waals surface area (Å²) in [6.07, 6.45) is 3.22. The Morgan fingerprint density at radius 2 is 1.76 bits per heavy atom. The molecule has 1 aliphatic rings. The van der Waals surface area contributed by atoms with Crippen LogP contribution < -0.4 is 9.64 Å². The zero-order chi connectivity index (χ0) is 20.1. The van der Waals surface area contributed by atoms with Crippen molar-refractivity contribution in [3.8, 4) is 17.7 Å². The number of piperazine rings is 1. The molecule has 0 N–H and O–H groups in total. The van der Waals surface area contributed by atoms with E-state index in [0.717, 1.165) is 0 Å². The Bertz CT molecular complexity index is 1020. The molecule has 29 heavy (non-hydrogen) atoms. The molecule has 7 heteroatoms. The lowest BCUT2D eigenvalue weighted by molar-refractivity contribution is 0.0746. The fraction of sp³-hybridized carbons (Fsp3) is 0.182. The summed E-state index contributed by atoms with van der Waals surface area (Å²) in [5.74, 6) is 1.74. The third-order valence-electron chi connectivity index (χ3n) is 4.72. The Morgan fingerprint density at radius 3 is 2.45 bits per heavy atom. The zero-order valence-corrected chi connectivity index (χ0v) is 15.7. The Kier molecular flexibility index (Phi) is 5.34. The maximum Gasteiger partial charge on any atom is 0.255 e. The second-order valence-electron chi connectivity index (χ2n) is 6.57. The second-order valence-corrected chi connectivity index (χ2v) is 6.57. The van der Waals surface area contributed by atoms with E-state index >= 15 is 0 Å². The summed E-state index contributed by atoms with van der Waals surface area (Å²) in [7, 11) is 0. The van der Waals surface area contributed by atoms with Gasteiger partial charge in [0.1, 0.15) is 17.6 Å². The van der Waals surface area contributed by atoms with Gasteiger partial charge in [0.15, 0.2) is 0 Å². The summed E-state index contributed by atoms with van der Waals surface area (Å²) in [5.41, 5.74) is 1.07. The van der Waals surface area contributed by atoms with Crippen LogP contribution in [0.2, 0.25) is 0 Å². The molecular weight excluding hydrogens is 366 g/mol. The number of aromatic nitrogens is 2. The van der Waals surface area contributed by atoms with Gasteiger partial charge in [-0.25, -0.2) is 9.97 Å². The molecule has 0 atom stereocenters. The zero-order valence-electron chi connectivity index (χ0n) is 15.7. The largest absolute Gasteiger partial charge is 0.439 e. The van der Waals surface area contributed by atoms with Crippen LogP contribution in [-0.4, -0.2) is 47.0 Å². The number of rotatable bonds is 4. The fourth-order valence-corrected chi connectivity index (χ4v) is 3.22. The minimum Gasteiger partial charge on any atom is -0.439 e. The van der Waals surface area contributed by atoms with Gasteiger partial charge in [-0.1, -0.05) is 18.2 Å². The van der Waals surface area contributed by atoms with Crippen molar-refractivity contribution in [3.63, 3.8) is 0 Å². The molecule has 0 saturated carbocycles. The molecule has 1 amide bonds. The van der Waals surface area contributed by atoms with Crippen molar-refractivity contribution in [2.75, 3.05) is 31.1 Å². The number of pyridine rings is 2. The van der Waals surface area contributed by atoms with Crippen LogP contribution in [-0.2, 0) is 0 Å². The SMILES string of the molecule is N#Cc1cccnc1N1CCN(C(=O)c2ccc(Oc3ccccc3)nc2)CC1. The first-order valence-electron chi connectivity index (χ1n) is 9.33. The van der Waals surface area contributed by atoms with Gasteiger partial charge in [0.2, 0.25) is 5.88 Å². The lowest BCUT2D eigenvalue weighted by Crippen LogP contribution is -2.49. The van der Waals surface area contributed by atoms with Crippen molar-refractivity contribution >= 4 is 11.7 Å². The van der Waals surface area contributed by atoms with E-state index in [-0.39, 0.29) is 5.91 Å². The monoisotopic (exact) mass is 385 g/mol. The minimum absolute atomic E-state index is 0.0649. The third-order valence-corrected chi connectivity index (χ3v) is 4.72. The number of hydrogen-bond donors (Lipinski definition) is 0. The van der Waals surface area contributed by atoms with Crippen LogP contribution >= 0.6 is 0 Å². The molecule has 1 fully saturated rings. The molecular formula is C22H19N5O2. The molecule has 0 spiro atoms. The molecule has 1 aromatic carbocycles. The smallest absolute Gasteiger partial charge is 0.255 e. The number of nitriles is 1. The Hall–Kier alpha value is -3.92. The number of benzene rings is 1. The van der Waals surface area contributed by atoms with Crippen molar-refractivity contribution in [1.29, 1.82) is 5.26 Å². The molecule has 0 aliphatic carbocycles. The predicted octanol–water partition coefficient (Wildman–Crippen LogP) is 3.10. The normalized spacial score (nSPS) is 13.6. The van der Waals surface area contributed by atoms with Gasteiger partial charge in [0.25, 0.3) is 5.91 Å². The first-order valence-corrected chi connectivity index (χ1v) is 9.33. The standard InChI is InChI=1S/C22H19N5O2/c23-15-17-5-4-10-24-21(17)26-11-13-27(14-12-26)22(28)18-8-9-20(25-16-18)29-19-6-2-1-3-7-19/h1-10,16H,11-14H2. The highest BCUT2D eigenvalue weighted by Gasteiger charge is 2.24. The lowest BCUT2D eigenvalue weighted by Gasteiger charge is -2.35. The van der Waals surface area contributed by atoms with Crippen LogP contribution in [0.5, 0.6) is 11.6 Å². The maximum atomic E-state index is 12.8. The molecule has 3 aromatic rings. The molecule has 4 rings (SSSR count). The summed E-state index contributed by atoms with van der Waals surface area (Å²) in [5, 5.41) is 9.26. The predicted molar refractivity (Wildman–Crippen MR) is 108 cm³/mol. The summed E-state index contributed by atoms with van der Waals surface area (Å²) in [4.78, 5) is 25.2. The number of para-hydroxylation sites is 1. The van der Waals surface area contributed by atoms with Crippen molar-refractivity contribution in [3.05, 3.63) is 78.1 Å². The van der Waals surface area contributed by atoms with Crippen LogP contribution in [0.3, 0.4) is 0 Å². The molecule has 3 heterocycles. The topological polar surface area (TPSA) is 82.4 Å². The van der Waals surface area contributed by atoms with Gasteiger partial charge in [-0.05, 0) is 30.3 Å². The van der Waals surface area contributed by atoms with E-state index in [2.05, 4.69) is 16.0 Å². The average Bonchev–Trinajstić information content (AvgIpc) is 2.80. The highest BCUT2D eigenvalue weighted by atomic mass is 16.5. The fourth-order valence-electron chi connectivity index (χ4n) is 3.22. The van der Waals surface area contributed by atoms with Crippen LogP contribution in [0.25, 0.3) is 0 Å². The number of ether oxygens (including phenoxy) is 1. The van der Waals surface area contributed by atoms with Crippen LogP contribution in [0.15, 0.2) is 67.0 Å². The van der Waals surface area contributed by atoms with E-state index in [9.17, 15) is 10.1 Å². The molecule has 144 valence electrons. The second kappa shape index (κ2) is 8.40. The van der Waals surface area contributed by atoms with Gasteiger partial charge in [0, 0.05) is 44.6 Å². The molecule has 0 unspecified atom stereocenters. The van der Waals surface area contributed by atoms with Crippen LogP contribution in [0.4, 0.5) is 5.82 Å². The van der Waals surface area contributed by atoms with Crippen molar-refractivity contribution in [1.82, 2.24) is 14.9 Å². The Morgan fingerprint density at radius 1 is 0.966 bits per heavy atom. The molecule has 0 bridgehead atoms. The third kappa shape index (κ3) is 4.17. The molecule has 1 saturated heterocycles. The molecule has 0 radical (unpaired) electrons. The summed E-state index contributed by atoms with van der Waals surface area (Å²) in [6, 6.07) is 18.5. The van der Waals surface area contributed by atoms with Crippen LogP contribution in [0.1, 0.15) is 15.9 Å². The van der Waals surface area contributed by atoms with Gasteiger partial charge in [0.05, 0.1) is 11.1 Å². The number of nitrogens with zero attached hydrogens (tertiary/aromatic N) is 5. The van der Waals surface area contributed by atoms with E-state index < -0.39 is 0 Å². The minimum atomic E-state index is -0.0649. The summed E-state index contributed by atoms with van der Waals surface area (Å²) >= 11 is 0. The van der Waals surface area contributed by atoms with Crippen LogP contribution in [0, 0.1) is 11.3 Å². The first kappa shape index (κ1) is 18.4. The van der Waals surface area contributed by atoms with Gasteiger partial charge in [-0.15, -0.1) is 0 Å². The Balaban J connectivity index is 1.38. The molecule has 7 nitrogen and oxygen atoms in total. The first-order chi connectivity index (χ1) is 14.2. The highest BCUT2D eigenvalue weighted by Crippen LogP contribution is 2.21. The summed E-state index contributed by atoms with van der Waals surface area (Å²) in [6.45, 7) is 2.37. The molecule has 1 aliphatic heterocycles. The Labute approximate surface area is 168 Å². The van der Waals surface area contributed by atoms with E-state index in [4.69, 9.17) is 4.74 Å². The van der Waals surface area contributed by atoms with E-state index in [1.54, 1.807) is 41.6 Å². The number of hydrogen-bond acceptors (Lipinski definition) is 6. The summed E-state index contributed by atoms with van der Waals surface area (Å²) < 4.78 is 5.67. The lowest BCUT2D eigenvalue weighted by atomic mass is 10.2. The van der Waals surface area contributed by atoms with Gasteiger partial charge >= 0.3 is 0 Å². The van der Waals surface area contributed by atoms with Crippen molar-refractivity contribution < 1.29 is 9.53 Å². The van der Waals surface area contributed by atoms with Crippen molar-refractivity contribution in [2.24, 2.45) is 0 Å². The van der Waals surface area contributed by atoms with Crippen molar-refractivity contribution in [2.45, 2.75) is 0 Å². The van der Waals surface area contributed by atoms with Gasteiger partial charge in [-0.2, -0.15) is 5.26 Å². The van der Waals surface area contributed by atoms with E-state index in [1.165, 1.54) is 0 Å². The molecule has 2 aromatic heterocycles. The highest BCUT2D eigenvalue weighted by molar-refractivity contribution is 5.94. The van der Waals surface area contributed by atoms with Gasteiger partial charge < -0.3 is 14.5 Å². The quantitative estimate of drug-likeness (QED) is 0.686. The van der Waals surface area contributed by atoms with E-state index in [0.29, 0.717) is 54.8 Å². The number of amides is 1. The average molecular weight is 385 g/mol. The number of carbonyl (C=O) groups is 1. The van der Waals surface area contributed by atoms with E-state index in [1.807, 2.05) is 35.2 Å². The maximum absolute atomic E-state index is 12.8.